The average Bonchev–Trinajstić information content (AvgIpc) is 2.91. The molecule has 0 spiro atoms. The number of hydrogen-bond acceptors (Lipinski definition) is 4. The van der Waals surface area contributed by atoms with E-state index in [4.69, 9.17) is 9.47 Å². The van der Waals surface area contributed by atoms with Crippen molar-refractivity contribution in [2.24, 2.45) is 0 Å². The monoisotopic (exact) mass is 510 g/mol. The van der Waals surface area contributed by atoms with E-state index < -0.39 is 0 Å². The topological polar surface area (TPSA) is 76.7 Å². The highest BCUT2D eigenvalue weighted by atomic mass is 16.5. The predicted molar refractivity (Wildman–Crippen MR) is 153 cm³/mol. The maximum absolute atomic E-state index is 12.7. The molecule has 0 radical (unpaired) electrons. The van der Waals surface area contributed by atoms with Crippen molar-refractivity contribution >= 4 is 34.0 Å². The quantitative estimate of drug-likeness (QED) is 0.238. The molecule has 0 fully saturated rings. The fourth-order valence-corrected chi connectivity index (χ4v) is 4.37. The Hall–Kier alpha value is -4.32. The van der Waals surface area contributed by atoms with E-state index in [0.717, 1.165) is 21.9 Å². The van der Waals surface area contributed by atoms with Crippen LogP contribution in [0, 0.1) is 0 Å². The number of nitrogens with one attached hydrogen (secondary N) is 2. The van der Waals surface area contributed by atoms with E-state index in [-0.39, 0.29) is 36.9 Å². The Morgan fingerprint density at radius 3 is 1.37 bits per heavy atom. The van der Waals surface area contributed by atoms with Crippen molar-refractivity contribution in [1.82, 2.24) is 0 Å². The molecule has 2 amide bonds. The van der Waals surface area contributed by atoms with Gasteiger partial charge in [0, 0.05) is 22.1 Å². The zero-order valence-corrected chi connectivity index (χ0v) is 22.3. The van der Waals surface area contributed by atoms with Gasteiger partial charge in [-0.25, -0.2) is 0 Å². The van der Waals surface area contributed by atoms with Crippen LogP contribution in [0.25, 0.3) is 10.8 Å². The number of carbonyl (C=O) groups excluding carboxylic acids is 2. The van der Waals surface area contributed by atoms with Gasteiger partial charge in [0.2, 0.25) is 0 Å². The molecule has 0 saturated carbocycles. The Kier molecular flexibility index (Phi) is 8.64. The zero-order chi connectivity index (χ0) is 27.1. The van der Waals surface area contributed by atoms with Crippen LogP contribution in [0.3, 0.4) is 0 Å². The largest absolute Gasteiger partial charge is 0.483 e. The van der Waals surface area contributed by atoms with E-state index in [0.29, 0.717) is 22.9 Å². The zero-order valence-electron chi connectivity index (χ0n) is 22.3. The van der Waals surface area contributed by atoms with Gasteiger partial charge >= 0.3 is 0 Å². The number of fused-ring (bicyclic) bond motifs is 1. The molecule has 0 heterocycles. The van der Waals surface area contributed by atoms with Crippen molar-refractivity contribution in [1.29, 1.82) is 0 Å². The van der Waals surface area contributed by atoms with Crippen molar-refractivity contribution in [2.45, 2.75) is 39.5 Å². The number of benzene rings is 4. The van der Waals surface area contributed by atoms with Crippen LogP contribution in [-0.4, -0.2) is 25.0 Å². The fourth-order valence-electron chi connectivity index (χ4n) is 4.37. The van der Waals surface area contributed by atoms with E-state index in [1.54, 1.807) is 0 Å². The third-order valence-electron chi connectivity index (χ3n) is 6.27. The number of ether oxygens (including phenoxy) is 2. The highest BCUT2D eigenvalue weighted by molar-refractivity contribution is 6.09. The summed E-state index contributed by atoms with van der Waals surface area (Å²) in [7, 11) is 0. The Morgan fingerprint density at radius 1 is 0.579 bits per heavy atom. The average molecular weight is 511 g/mol. The molecular weight excluding hydrogens is 476 g/mol. The number of anilines is 2. The number of hydrogen-bond donors (Lipinski definition) is 2. The lowest BCUT2D eigenvalue weighted by Crippen LogP contribution is -2.21. The Balaban J connectivity index is 1.43. The summed E-state index contributed by atoms with van der Waals surface area (Å²) in [6, 6.07) is 26.7. The summed E-state index contributed by atoms with van der Waals surface area (Å²) in [6.45, 7) is 8.14. The van der Waals surface area contributed by atoms with Gasteiger partial charge in [-0.3, -0.25) is 9.59 Å². The molecule has 6 nitrogen and oxygen atoms in total. The fraction of sp³-hybridized carbons (Fsp3) is 0.250. The molecule has 6 heteroatoms. The van der Waals surface area contributed by atoms with Crippen LogP contribution in [0.1, 0.15) is 50.7 Å². The first-order chi connectivity index (χ1) is 18.3. The molecule has 196 valence electrons. The van der Waals surface area contributed by atoms with Crippen molar-refractivity contribution in [3.63, 3.8) is 0 Å². The molecule has 0 atom stereocenters. The second kappa shape index (κ2) is 12.3. The van der Waals surface area contributed by atoms with Crippen LogP contribution in [-0.2, 0) is 9.59 Å². The van der Waals surface area contributed by atoms with Crippen LogP contribution in [0.2, 0.25) is 0 Å². The van der Waals surface area contributed by atoms with Gasteiger partial charge in [-0.1, -0.05) is 88.4 Å². The molecule has 38 heavy (non-hydrogen) atoms. The molecule has 0 aliphatic heterocycles. The molecular formula is C32H34N2O4. The van der Waals surface area contributed by atoms with E-state index >= 15 is 0 Å². The van der Waals surface area contributed by atoms with Gasteiger partial charge in [0.25, 0.3) is 11.8 Å². The van der Waals surface area contributed by atoms with Crippen molar-refractivity contribution < 1.29 is 19.1 Å². The van der Waals surface area contributed by atoms with Gasteiger partial charge in [0.1, 0.15) is 11.5 Å². The first kappa shape index (κ1) is 26.7. The lowest BCUT2D eigenvalue weighted by Gasteiger charge is -2.15. The molecule has 0 saturated heterocycles. The van der Waals surface area contributed by atoms with Gasteiger partial charge in [0.05, 0.1) is 0 Å². The standard InChI is InChI=1S/C32H34N2O4/c1-21(2)23-11-5-7-17-29(23)37-19-31(35)33-27-15-9-14-26-25(27)13-10-16-28(26)34-32(36)20-38-30-18-8-6-12-24(30)22(3)4/h5-18,21-22H,19-20H2,1-4H3,(H,33,35)(H,34,36). The minimum absolute atomic E-state index is 0.105. The van der Waals surface area contributed by atoms with Crippen molar-refractivity contribution in [2.75, 3.05) is 23.8 Å². The molecule has 0 unspecified atom stereocenters. The summed E-state index contributed by atoms with van der Waals surface area (Å²) in [4.78, 5) is 25.5. The third kappa shape index (κ3) is 6.51. The smallest absolute Gasteiger partial charge is 0.262 e. The highest BCUT2D eigenvalue weighted by Gasteiger charge is 2.14. The Bertz CT molecular complexity index is 1320. The maximum Gasteiger partial charge on any atom is 0.262 e. The van der Waals surface area contributed by atoms with Crippen molar-refractivity contribution in [3.05, 3.63) is 96.1 Å². The second-order valence-electron chi connectivity index (χ2n) is 9.77. The van der Waals surface area contributed by atoms with Crippen LogP contribution in [0.15, 0.2) is 84.9 Å². The second-order valence-corrected chi connectivity index (χ2v) is 9.77. The number of rotatable bonds is 10. The molecule has 4 aromatic rings. The Labute approximate surface area is 224 Å². The minimum atomic E-state index is -0.261. The molecule has 0 aromatic heterocycles. The van der Waals surface area contributed by atoms with E-state index in [9.17, 15) is 9.59 Å². The normalized spacial score (nSPS) is 11.0. The SMILES string of the molecule is CC(C)c1ccccc1OCC(=O)Nc1cccc2c(NC(=O)COc3ccccc3C(C)C)cccc12. The lowest BCUT2D eigenvalue weighted by molar-refractivity contribution is -0.118. The number of para-hydroxylation sites is 2. The first-order valence-corrected chi connectivity index (χ1v) is 12.9. The molecule has 0 aliphatic rings. The Morgan fingerprint density at radius 2 is 0.974 bits per heavy atom. The van der Waals surface area contributed by atoms with Gasteiger partial charge in [-0.2, -0.15) is 0 Å². The maximum atomic E-state index is 12.7. The summed E-state index contributed by atoms with van der Waals surface area (Å²) in [5, 5.41) is 7.52. The summed E-state index contributed by atoms with van der Waals surface area (Å²) in [6.07, 6.45) is 0. The molecule has 0 aliphatic carbocycles. The van der Waals surface area contributed by atoms with Gasteiger partial charge in [-0.05, 0) is 47.2 Å². The van der Waals surface area contributed by atoms with Gasteiger partial charge in [0.15, 0.2) is 13.2 Å². The van der Waals surface area contributed by atoms with E-state index in [1.807, 2.05) is 84.9 Å². The summed E-state index contributed by atoms with van der Waals surface area (Å²) in [5.41, 5.74) is 3.41. The molecule has 0 bridgehead atoms. The van der Waals surface area contributed by atoms with Crippen molar-refractivity contribution in [3.8, 4) is 11.5 Å². The van der Waals surface area contributed by atoms with Gasteiger partial charge < -0.3 is 20.1 Å². The third-order valence-corrected chi connectivity index (χ3v) is 6.27. The predicted octanol–water partition coefficient (Wildman–Crippen LogP) is 7.12. The van der Waals surface area contributed by atoms with Crippen LogP contribution in [0.4, 0.5) is 11.4 Å². The van der Waals surface area contributed by atoms with E-state index in [1.165, 1.54) is 0 Å². The summed E-state index contributed by atoms with van der Waals surface area (Å²) >= 11 is 0. The number of amides is 2. The summed E-state index contributed by atoms with van der Waals surface area (Å²) < 4.78 is 11.6. The van der Waals surface area contributed by atoms with Gasteiger partial charge in [-0.15, -0.1) is 0 Å². The minimum Gasteiger partial charge on any atom is -0.483 e. The highest BCUT2D eigenvalue weighted by Crippen LogP contribution is 2.30. The molecule has 2 N–H and O–H groups in total. The molecule has 4 rings (SSSR count). The van der Waals surface area contributed by atoms with Crippen LogP contribution < -0.4 is 20.1 Å². The first-order valence-electron chi connectivity index (χ1n) is 12.9. The van der Waals surface area contributed by atoms with E-state index in [2.05, 4.69) is 38.3 Å². The summed E-state index contributed by atoms with van der Waals surface area (Å²) in [5.74, 6) is 1.47. The lowest BCUT2D eigenvalue weighted by atomic mass is 10.0. The van der Waals surface area contributed by atoms with Crippen LogP contribution in [0.5, 0.6) is 11.5 Å². The molecule has 4 aromatic carbocycles. The number of carbonyl (C=O) groups is 2. The van der Waals surface area contributed by atoms with Crippen LogP contribution >= 0.6 is 0 Å².